The van der Waals surface area contributed by atoms with Gasteiger partial charge in [0.05, 0.1) is 0 Å². The van der Waals surface area contributed by atoms with Crippen molar-refractivity contribution in [1.82, 2.24) is 0 Å². The summed E-state index contributed by atoms with van der Waals surface area (Å²) >= 11 is 1.87. The molecule has 1 heterocycles. The Balaban J connectivity index is 2.27. The molecule has 2 N–H and O–H groups in total. The third-order valence-corrected chi connectivity index (χ3v) is 2.91. The molecule has 1 aliphatic heterocycles. The maximum Gasteiger partial charge on any atom is 0.0274 e. The Bertz CT molecular complexity index is 103. The molecule has 0 saturated carbocycles. The van der Waals surface area contributed by atoms with Gasteiger partial charge in [-0.15, -0.1) is 11.8 Å². The van der Waals surface area contributed by atoms with Crippen molar-refractivity contribution in [2.45, 2.75) is 31.1 Å². The normalized spacial score (nSPS) is 28.9. The highest BCUT2D eigenvalue weighted by Crippen LogP contribution is 2.26. The smallest absolute Gasteiger partial charge is 0.0274 e. The summed E-state index contributed by atoms with van der Waals surface area (Å²) in [6.45, 7) is 2.14. The minimum atomic E-state index is 0.394. The van der Waals surface area contributed by atoms with Crippen LogP contribution in [0.5, 0.6) is 0 Å². The van der Waals surface area contributed by atoms with Gasteiger partial charge in [-0.3, -0.25) is 0 Å². The Hall–Kier alpha value is 0.0500. The molecule has 0 radical (unpaired) electrons. The molecule has 1 nitrogen and oxygen atoms in total. The highest BCUT2D eigenvalue weighted by molar-refractivity contribution is 8.03. The lowest BCUT2D eigenvalue weighted by molar-refractivity contribution is 0.622. The second kappa shape index (κ2) is 3.28. The fraction of sp³-hybridized carbons (Fsp3) is 0.714. The largest absolute Gasteiger partial charge is 0.327 e. The molecule has 0 spiro atoms. The first-order valence-electron chi connectivity index (χ1n) is 3.40. The summed E-state index contributed by atoms with van der Waals surface area (Å²) in [6.07, 6.45) is 4.46. The van der Waals surface area contributed by atoms with Crippen LogP contribution in [0.2, 0.25) is 0 Å². The average Bonchev–Trinajstić information content (AvgIpc) is 2.37. The van der Waals surface area contributed by atoms with Gasteiger partial charge in [0.2, 0.25) is 0 Å². The summed E-state index contributed by atoms with van der Waals surface area (Å²) < 4.78 is 0. The maximum atomic E-state index is 5.82. The molecule has 1 aliphatic rings. The van der Waals surface area contributed by atoms with Gasteiger partial charge in [0.15, 0.2) is 0 Å². The van der Waals surface area contributed by atoms with Crippen molar-refractivity contribution in [3.63, 3.8) is 0 Å². The van der Waals surface area contributed by atoms with Crippen LogP contribution < -0.4 is 5.73 Å². The second-order valence-electron chi connectivity index (χ2n) is 2.35. The average molecular weight is 143 g/mol. The molecule has 1 unspecified atom stereocenters. The SMILES string of the molecule is CC[C@H](N)C1CC=CS1. The number of nitrogens with two attached hydrogens (primary N) is 1. The predicted molar refractivity (Wildman–Crippen MR) is 43.4 cm³/mol. The maximum absolute atomic E-state index is 5.82. The summed E-state index contributed by atoms with van der Waals surface area (Å²) in [4.78, 5) is 0. The topological polar surface area (TPSA) is 26.0 Å². The van der Waals surface area contributed by atoms with E-state index in [9.17, 15) is 0 Å². The Kier molecular flexibility index (Phi) is 2.61. The molecular formula is C7H13NS. The minimum absolute atomic E-state index is 0.394. The van der Waals surface area contributed by atoms with E-state index in [4.69, 9.17) is 5.73 Å². The number of hydrogen-bond donors (Lipinski definition) is 1. The van der Waals surface area contributed by atoms with E-state index in [-0.39, 0.29) is 0 Å². The molecule has 52 valence electrons. The fourth-order valence-corrected chi connectivity index (χ4v) is 1.98. The van der Waals surface area contributed by atoms with Crippen LogP contribution in [0.4, 0.5) is 0 Å². The third kappa shape index (κ3) is 1.73. The number of hydrogen-bond acceptors (Lipinski definition) is 2. The van der Waals surface area contributed by atoms with Gasteiger partial charge in [0.1, 0.15) is 0 Å². The van der Waals surface area contributed by atoms with Gasteiger partial charge in [-0.25, -0.2) is 0 Å². The summed E-state index contributed by atoms with van der Waals surface area (Å²) in [7, 11) is 0. The van der Waals surface area contributed by atoms with E-state index in [1.807, 2.05) is 11.8 Å². The van der Waals surface area contributed by atoms with Crippen molar-refractivity contribution in [3.05, 3.63) is 11.5 Å². The predicted octanol–water partition coefficient (Wildman–Crippen LogP) is 1.74. The quantitative estimate of drug-likeness (QED) is 0.637. The summed E-state index contributed by atoms with van der Waals surface area (Å²) in [5, 5.41) is 2.82. The van der Waals surface area contributed by atoms with Crippen molar-refractivity contribution in [2.24, 2.45) is 5.73 Å². The molecule has 2 heteroatoms. The molecule has 0 aromatic heterocycles. The van der Waals surface area contributed by atoms with Crippen molar-refractivity contribution >= 4 is 11.8 Å². The highest BCUT2D eigenvalue weighted by Gasteiger charge is 2.16. The Labute approximate surface area is 60.7 Å². The first-order valence-corrected chi connectivity index (χ1v) is 4.35. The zero-order valence-corrected chi connectivity index (χ0v) is 6.53. The van der Waals surface area contributed by atoms with E-state index >= 15 is 0 Å². The van der Waals surface area contributed by atoms with Gasteiger partial charge in [0, 0.05) is 11.3 Å². The van der Waals surface area contributed by atoms with E-state index in [0.29, 0.717) is 11.3 Å². The van der Waals surface area contributed by atoms with Crippen LogP contribution in [0.3, 0.4) is 0 Å². The molecule has 0 saturated heterocycles. The lowest BCUT2D eigenvalue weighted by Crippen LogP contribution is -2.29. The molecule has 9 heavy (non-hydrogen) atoms. The monoisotopic (exact) mass is 143 g/mol. The fourth-order valence-electron chi connectivity index (χ4n) is 0.940. The second-order valence-corrected chi connectivity index (χ2v) is 3.50. The number of rotatable bonds is 2. The molecule has 0 bridgehead atoms. The molecule has 0 aromatic carbocycles. The Morgan fingerprint density at radius 3 is 3.11 bits per heavy atom. The Morgan fingerprint density at radius 2 is 2.67 bits per heavy atom. The number of thioether (sulfide) groups is 1. The van der Waals surface area contributed by atoms with Gasteiger partial charge in [0.25, 0.3) is 0 Å². The van der Waals surface area contributed by atoms with E-state index in [2.05, 4.69) is 18.4 Å². The van der Waals surface area contributed by atoms with Gasteiger partial charge < -0.3 is 5.73 Å². The Morgan fingerprint density at radius 1 is 1.89 bits per heavy atom. The highest BCUT2D eigenvalue weighted by atomic mass is 32.2. The molecule has 0 aliphatic carbocycles. The molecule has 0 amide bonds. The lowest BCUT2D eigenvalue weighted by atomic mass is 10.1. The minimum Gasteiger partial charge on any atom is -0.327 e. The van der Waals surface area contributed by atoms with Crippen molar-refractivity contribution in [2.75, 3.05) is 0 Å². The lowest BCUT2D eigenvalue weighted by Gasteiger charge is -2.14. The molecule has 0 fully saturated rings. The van der Waals surface area contributed by atoms with Crippen molar-refractivity contribution < 1.29 is 0 Å². The number of allylic oxidation sites excluding steroid dienone is 1. The third-order valence-electron chi connectivity index (χ3n) is 1.67. The van der Waals surface area contributed by atoms with Crippen LogP contribution in [0.25, 0.3) is 0 Å². The molecule has 2 atom stereocenters. The van der Waals surface area contributed by atoms with E-state index < -0.39 is 0 Å². The standard InChI is InChI=1S/C7H13NS/c1-2-6(8)7-4-3-5-9-7/h3,5-7H,2,4,8H2,1H3/t6-,7?/m0/s1. The van der Waals surface area contributed by atoms with Crippen LogP contribution in [-0.2, 0) is 0 Å². The first kappa shape index (κ1) is 7.16. The van der Waals surface area contributed by atoms with Crippen LogP contribution in [-0.4, -0.2) is 11.3 Å². The van der Waals surface area contributed by atoms with Gasteiger partial charge in [-0.2, -0.15) is 0 Å². The zero-order valence-electron chi connectivity index (χ0n) is 5.71. The van der Waals surface area contributed by atoms with Crippen molar-refractivity contribution in [3.8, 4) is 0 Å². The van der Waals surface area contributed by atoms with Crippen LogP contribution in [0, 0.1) is 0 Å². The van der Waals surface area contributed by atoms with E-state index in [0.717, 1.165) is 6.42 Å². The van der Waals surface area contributed by atoms with Gasteiger partial charge >= 0.3 is 0 Å². The van der Waals surface area contributed by atoms with E-state index in [1.54, 1.807) is 0 Å². The summed E-state index contributed by atoms with van der Waals surface area (Å²) in [5.74, 6) is 0. The van der Waals surface area contributed by atoms with Crippen LogP contribution in [0.1, 0.15) is 19.8 Å². The molecular weight excluding hydrogens is 130 g/mol. The van der Waals surface area contributed by atoms with E-state index in [1.165, 1.54) is 6.42 Å². The summed E-state index contributed by atoms with van der Waals surface area (Å²) in [6, 6.07) is 0.394. The van der Waals surface area contributed by atoms with Gasteiger partial charge in [-0.1, -0.05) is 13.0 Å². The van der Waals surface area contributed by atoms with Crippen LogP contribution >= 0.6 is 11.8 Å². The van der Waals surface area contributed by atoms with Crippen LogP contribution in [0.15, 0.2) is 11.5 Å². The first-order chi connectivity index (χ1) is 4.34. The molecule has 0 aromatic rings. The zero-order chi connectivity index (χ0) is 6.69. The summed E-state index contributed by atoms with van der Waals surface area (Å²) in [5.41, 5.74) is 5.82. The molecule has 1 rings (SSSR count). The van der Waals surface area contributed by atoms with Gasteiger partial charge in [-0.05, 0) is 18.2 Å². The van der Waals surface area contributed by atoms with Crippen molar-refractivity contribution in [1.29, 1.82) is 0 Å².